The van der Waals surface area contributed by atoms with Crippen molar-refractivity contribution in [3.05, 3.63) is 29.8 Å². The number of esters is 1. The molecule has 1 saturated heterocycles. The number of hydrogen-bond acceptors (Lipinski definition) is 4. The van der Waals surface area contributed by atoms with Crippen LogP contribution in [0, 0.1) is 5.92 Å². The van der Waals surface area contributed by atoms with Gasteiger partial charge in [0.05, 0.1) is 12.0 Å². The highest BCUT2D eigenvalue weighted by Gasteiger charge is 2.32. The van der Waals surface area contributed by atoms with Crippen LogP contribution in [0.1, 0.15) is 32.3 Å². The van der Waals surface area contributed by atoms with Crippen LogP contribution in [0.2, 0.25) is 0 Å². The third kappa shape index (κ3) is 3.51. The normalized spacial score (nSPS) is 16.9. The van der Waals surface area contributed by atoms with Gasteiger partial charge in [0.15, 0.2) is 0 Å². The minimum Gasteiger partial charge on any atom is -0.465 e. The van der Waals surface area contributed by atoms with Crippen molar-refractivity contribution >= 4 is 11.7 Å². The molecule has 1 fully saturated rings. The summed E-state index contributed by atoms with van der Waals surface area (Å²) in [5.74, 6) is 0.240. The first kappa shape index (κ1) is 14.9. The maximum absolute atomic E-state index is 12.3. The molecule has 4 heteroatoms. The van der Waals surface area contributed by atoms with Crippen molar-refractivity contribution in [2.24, 2.45) is 5.92 Å². The zero-order chi connectivity index (χ0) is 14.6. The van der Waals surface area contributed by atoms with Crippen molar-refractivity contribution in [1.82, 2.24) is 0 Å². The van der Waals surface area contributed by atoms with E-state index in [9.17, 15) is 4.79 Å². The molecule has 2 rings (SSSR count). The van der Waals surface area contributed by atoms with Crippen molar-refractivity contribution in [3.63, 3.8) is 0 Å². The zero-order valence-corrected chi connectivity index (χ0v) is 12.2. The Balaban J connectivity index is 1.94. The SMILES string of the molecule is CC(C)(C(=O)OCC1CCOCC1)c1ccc(N)cc1. The van der Waals surface area contributed by atoms with E-state index in [0.717, 1.165) is 31.6 Å². The highest BCUT2D eigenvalue weighted by Crippen LogP contribution is 2.26. The van der Waals surface area contributed by atoms with E-state index in [4.69, 9.17) is 15.2 Å². The van der Waals surface area contributed by atoms with Crippen LogP contribution in [0.3, 0.4) is 0 Å². The van der Waals surface area contributed by atoms with Crippen LogP contribution in [-0.2, 0) is 19.7 Å². The monoisotopic (exact) mass is 277 g/mol. The quantitative estimate of drug-likeness (QED) is 0.678. The molecule has 20 heavy (non-hydrogen) atoms. The van der Waals surface area contributed by atoms with Gasteiger partial charge in [0.2, 0.25) is 0 Å². The fourth-order valence-electron chi connectivity index (χ4n) is 2.30. The summed E-state index contributed by atoms with van der Waals surface area (Å²) < 4.78 is 10.8. The number of anilines is 1. The van der Waals surface area contributed by atoms with Gasteiger partial charge in [-0.3, -0.25) is 4.79 Å². The maximum Gasteiger partial charge on any atom is 0.315 e. The van der Waals surface area contributed by atoms with Crippen molar-refractivity contribution in [1.29, 1.82) is 0 Å². The van der Waals surface area contributed by atoms with Crippen LogP contribution in [0.4, 0.5) is 5.69 Å². The van der Waals surface area contributed by atoms with Gasteiger partial charge < -0.3 is 15.2 Å². The molecule has 1 aliphatic rings. The average Bonchev–Trinajstić information content (AvgIpc) is 2.46. The molecule has 0 amide bonds. The number of ether oxygens (including phenoxy) is 2. The first-order chi connectivity index (χ1) is 9.50. The molecule has 110 valence electrons. The Bertz CT molecular complexity index is 447. The van der Waals surface area contributed by atoms with E-state index in [2.05, 4.69) is 0 Å². The Hall–Kier alpha value is -1.55. The number of carbonyl (C=O) groups excluding carboxylic acids is 1. The number of hydrogen-bond donors (Lipinski definition) is 1. The summed E-state index contributed by atoms with van der Waals surface area (Å²) in [7, 11) is 0. The molecule has 1 aliphatic heterocycles. The molecule has 0 bridgehead atoms. The highest BCUT2D eigenvalue weighted by atomic mass is 16.5. The minimum absolute atomic E-state index is 0.186. The van der Waals surface area contributed by atoms with Gasteiger partial charge in [0.25, 0.3) is 0 Å². The lowest BCUT2D eigenvalue weighted by Crippen LogP contribution is -2.33. The molecular weight excluding hydrogens is 254 g/mol. The van der Waals surface area contributed by atoms with E-state index in [0.29, 0.717) is 18.2 Å². The predicted octanol–water partition coefficient (Wildman–Crippen LogP) is 2.52. The third-order valence-electron chi connectivity index (χ3n) is 3.93. The number of nitrogens with two attached hydrogens (primary N) is 1. The molecule has 0 radical (unpaired) electrons. The molecule has 1 heterocycles. The van der Waals surface area contributed by atoms with Crippen LogP contribution >= 0.6 is 0 Å². The van der Waals surface area contributed by atoms with Crippen molar-refractivity contribution in [2.75, 3.05) is 25.6 Å². The average molecular weight is 277 g/mol. The Kier molecular flexibility index (Phi) is 4.65. The van der Waals surface area contributed by atoms with Crippen molar-refractivity contribution in [2.45, 2.75) is 32.1 Å². The lowest BCUT2D eigenvalue weighted by molar-refractivity contribution is -0.151. The summed E-state index contributed by atoms with van der Waals surface area (Å²) in [6, 6.07) is 7.38. The zero-order valence-electron chi connectivity index (χ0n) is 12.2. The highest BCUT2D eigenvalue weighted by molar-refractivity contribution is 5.82. The molecule has 0 aromatic heterocycles. The minimum atomic E-state index is -0.654. The Morgan fingerprint density at radius 1 is 1.30 bits per heavy atom. The molecular formula is C16H23NO3. The molecule has 0 atom stereocenters. The van der Waals surface area contributed by atoms with Gasteiger partial charge in [0, 0.05) is 18.9 Å². The van der Waals surface area contributed by atoms with E-state index in [1.54, 1.807) is 0 Å². The summed E-state index contributed by atoms with van der Waals surface area (Å²) in [5.41, 5.74) is 6.63. The van der Waals surface area contributed by atoms with Crippen LogP contribution in [-0.4, -0.2) is 25.8 Å². The van der Waals surface area contributed by atoms with E-state index >= 15 is 0 Å². The van der Waals surface area contributed by atoms with Gasteiger partial charge in [-0.05, 0) is 50.3 Å². The summed E-state index contributed by atoms with van der Waals surface area (Å²) in [6.07, 6.45) is 1.94. The molecule has 1 aromatic rings. The van der Waals surface area contributed by atoms with Crippen LogP contribution in [0.25, 0.3) is 0 Å². The topological polar surface area (TPSA) is 61.5 Å². The number of rotatable bonds is 4. The molecule has 4 nitrogen and oxygen atoms in total. The van der Waals surface area contributed by atoms with Crippen LogP contribution in [0.15, 0.2) is 24.3 Å². The van der Waals surface area contributed by atoms with E-state index in [1.807, 2.05) is 38.1 Å². The van der Waals surface area contributed by atoms with Crippen molar-refractivity contribution in [3.8, 4) is 0 Å². The molecule has 2 N–H and O–H groups in total. The van der Waals surface area contributed by atoms with Gasteiger partial charge in [0.1, 0.15) is 0 Å². The Morgan fingerprint density at radius 2 is 1.90 bits per heavy atom. The Labute approximate surface area is 120 Å². The summed E-state index contributed by atoms with van der Waals surface area (Å²) in [6.45, 7) is 5.78. The second-order valence-corrected chi connectivity index (χ2v) is 5.90. The second-order valence-electron chi connectivity index (χ2n) is 5.90. The van der Waals surface area contributed by atoms with E-state index < -0.39 is 5.41 Å². The van der Waals surface area contributed by atoms with Gasteiger partial charge in [-0.15, -0.1) is 0 Å². The fraction of sp³-hybridized carbons (Fsp3) is 0.562. The van der Waals surface area contributed by atoms with Crippen LogP contribution in [0.5, 0.6) is 0 Å². The lowest BCUT2D eigenvalue weighted by Gasteiger charge is -2.26. The summed E-state index contributed by atoms with van der Waals surface area (Å²) in [5, 5.41) is 0. The molecule has 1 aromatic carbocycles. The lowest BCUT2D eigenvalue weighted by atomic mass is 9.84. The smallest absolute Gasteiger partial charge is 0.315 e. The summed E-state index contributed by atoms with van der Waals surface area (Å²) >= 11 is 0. The fourth-order valence-corrected chi connectivity index (χ4v) is 2.30. The third-order valence-corrected chi connectivity index (χ3v) is 3.93. The molecule has 0 unspecified atom stereocenters. The van der Waals surface area contributed by atoms with Gasteiger partial charge in [-0.2, -0.15) is 0 Å². The van der Waals surface area contributed by atoms with Gasteiger partial charge >= 0.3 is 5.97 Å². The van der Waals surface area contributed by atoms with E-state index in [-0.39, 0.29) is 5.97 Å². The number of carbonyl (C=O) groups is 1. The number of nitrogen functional groups attached to an aromatic ring is 1. The standard InChI is InChI=1S/C16H23NO3/c1-16(2,13-3-5-14(17)6-4-13)15(18)20-11-12-7-9-19-10-8-12/h3-6,12H,7-11,17H2,1-2H3. The maximum atomic E-state index is 12.3. The summed E-state index contributed by atoms with van der Waals surface area (Å²) in [4.78, 5) is 12.3. The second kappa shape index (κ2) is 6.27. The van der Waals surface area contributed by atoms with Crippen LogP contribution < -0.4 is 5.73 Å². The molecule has 0 spiro atoms. The van der Waals surface area contributed by atoms with Gasteiger partial charge in [-0.1, -0.05) is 12.1 Å². The predicted molar refractivity (Wildman–Crippen MR) is 78.4 cm³/mol. The first-order valence-corrected chi connectivity index (χ1v) is 7.11. The molecule has 0 saturated carbocycles. The van der Waals surface area contributed by atoms with Crippen molar-refractivity contribution < 1.29 is 14.3 Å². The van der Waals surface area contributed by atoms with E-state index in [1.165, 1.54) is 0 Å². The van der Waals surface area contributed by atoms with Gasteiger partial charge in [-0.25, -0.2) is 0 Å². The Morgan fingerprint density at radius 3 is 2.50 bits per heavy atom. The molecule has 0 aliphatic carbocycles. The first-order valence-electron chi connectivity index (χ1n) is 7.11. The number of benzene rings is 1. The largest absolute Gasteiger partial charge is 0.465 e.